The molecule has 0 aromatic carbocycles. The average molecular weight is 205 g/mol. The molecule has 0 spiro atoms. The van der Waals surface area contributed by atoms with Crippen LogP contribution in [0, 0.1) is 5.82 Å². The smallest absolute Gasteiger partial charge is 0.270 e. The number of carbonyl (C=O) groups is 1. The second-order valence-corrected chi connectivity index (χ2v) is 2.36. The van der Waals surface area contributed by atoms with Crippen LogP contribution in [0.15, 0.2) is 6.20 Å². The van der Waals surface area contributed by atoms with Crippen LogP contribution in [0.5, 0.6) is 5.75 Å². The summed E-state index contributed by atoms with van der Waals surface area (Å²) in [6.07, 6.45) is -2.10. The Labute approximate surface area is 77.5 Å². The fourth-order valence-corrected chi connectivity index (χ4v) is 0.949. The molecule has 76 valence electrons. The van der Waals surface area contributed by atoms with Crippen LogP contribution in [0.1, 0.15) is 22.5 Å². The summed E-state index contributed by atoms with van der Waals surface area (Å²) in [6, 6.07) is 0. The molecule has 3 nitrogen and oxygen atoms in total. The standard InChI is InChI=1S/C8H6F3NO2/c1-14-5-2-12-4(3-13)7(9)6(5)8(10)11/h2-3,8H,1H3. The van der Waals surface area contributed by atoms with Gasteiger partial charge in [0, 0.05) is 0 Å². The van der Waals surface area contributed by atoms with E-state index in [0.29, 0.717) is 0 Å². The molecule has 0 amide bonds. The largest absolute Gasteiger partial charge is 0.495 e. The number of aldehydes is 1. The van der Waals surface area contributed by atoms with Gasteiger partial charge < -0.3 is 4.74 Å². The molecule has 0 aliphatic heterocycles. The van der Waals surface area contributed by atoms with E-state index in [1.54, 1.807) is 0 Å². The Morgan fingerprint density at radius 3 is 2.64 bits per heavy atom. The Balaban J connectivity index is 3.38. The average Bonchev–Trinajstić information content (AvgIpc) is 2.16. The van der Waals surface area contributed by atoms with Crippen molar-refractivity contribution in [2.24, 2.45) is 0 Å². The van der Waals surface area contributed by atoms with Crippen molar-refractivity contribution >= 4 is 6.29 Å². The number of hydrogen-bond donors (Lipinski definition) is 0. The fraction of sp³-hybridized carbons (Fsp3) is 0.250. The third-order valence-electron chi connectivity index (χ3n) is 1.60. The normalized spacial score (nSPS) is 10.4. The first-order valence-corrected chi connectivity index (χ1v) is 3.57. The maximum absolute atomic E-state index is 13.1. The minimum atomic E-state index is -3.05. The maximum Gasteiger partial charge on any atom is 0.270 e. The zero-order chi connectivity index (χ0) is 10.7. The zero-order valence-corrected chi connectivity index (χ0v) is 7.13. The van der Waals surface area contributed by atoms with E-state index in [9.17, 15) is 18.0 Å². The number of rotatable bonds is 3. The van der Waals surface area contributed by atoms with Gasteiger partial charge in [-0.3, -0.25) is 4.79 Å². The van der Waals surface area contributed by atoms with Gasteiger partial charge in [0.05, 0.1) is 18.9 Å². The highest BCUT2D eigenvalue weighted by Gasteiger charge is 2.22. The van der Waals surface area contributed by atoms with Crippen LogP contribution < -0.4 is 4.74 Å². The SMILES string of the molecule is COc1cnc(C=O)c(F)c1C(F)F. The molecule has 0 aliphatic carbocycles. The summed E-state index contributed by atoms with van der Waals surface area (Å²) in [5, 5.41) is 0. The lowest BCUT2D eigenvalue weighted by molar-refractivity contribution is 0.111. The van der Waals surface area contributed by atoms with Crippen molar-refractivity contribution in [3.8, 4) is 5.75 Å². The lowest BCUT2D eigenvalue weighted by atomic mass is 10.2. The molecule has 0 atom stereocenters. The van der Waals surface area contributed by atoms with E-state index in [2.05, 4.69) is 9.72 Å². The Hall–Kier alpha value is -1.59. The highest BCUT2D eigenvalue weighted by molar-refractivity contribution is 5.73. The monoisotopic (exact) mass is 205 g/mol. The summed E-state index contributed by atoms with van der Waals surface area (Å²) in [5.41, 5.74) is -1.59. The number of carbonyl (C=O) groups excluding carboxylic acids is 1. The van der Waals surface area contributed by atoms with Crippen molar-refractivity contribution < 1.29 is 22.7 Å². The number of ether oxygens (including phenoxy) is 1. The molecule has 14 heavy (non-hydrogen) atoms. The minimum absolute atomic E-state index is 0.0701. The van der Waals surface area contributed by atoms with Gasteiger partial charge in [-0.25, -0.2) is 18.2 Å². The Morgan fingerprint density at radius 1 is 1.57 bits per heavy atom. The first-order chi connectivity index (χ1) is 6.61. The molecule has 6 heteroatoms. The van der Waals surface area contributed by atoms with E-state index in [1.165, 1.54) is 0 Å². The van der Waals surface area contributed by atoms with Crippen molar-refractivity contribution in [3.05, 3.63) is 23.3 Å². The second kappa shape index (κ2) is 4.08. The molecule has 0 radical (unpaired) electrons. The first-order valence-electron chi connectivity index (χ1n) is 3.57. The molecular formula is C8H6F3NO2. The molecule has 1 heterocycles. The van der Waals surface area contributed by atoms with Crippen molar-refractivity contribution in [1.82, 2.24) is 4.98 Å². The van der Waals surface area contributed by atoms with Crippen molar-refractivity contribution in [2.45, 2.75) is 6.43 Å². The molecule has 0 fully saturated rings. The van der Waals surface area contributed by atoms with Crippen molar-refractivity contribution in [2.75, 3.05) is 7.11 Å². The lowest BCUT2D eigenvalue weighted by Gasteiger charge is -2.08. The van der Waals surface area contributed by atoms with Crippen LogP contribution in [-0.4, -0.2) is 18.4 Å². The molecule has 0 aliphatic rings. The van der Waals surface area contributed by atoms with Gasteiger partial charge in [-0.1, -0.05) is 0 Å². The van der Waals surface area contributed by atoms with E-state index in [1.807, 2.05) is 0 Å². The highest BCUT2D eigenvalue weighted by atomic mass is 19.3. The number of methoxy groups -OCH3 is 1. The van der Waals surface area contributed by atoms with E-state index in [0.717, 1.165) is 13.3 Å². The topological polar surface area (TPSA) is 39.2 Å². The predicted molar refractivity (Wildman–Crippen MR) is 41.1 cm³/mol. The van der Waals surface area contributed by atoms with Crippen molar-refractivity contribution in [3.63, 3.8) is 0 Å². The molecule has 0 N–H and O–H groups in total. The number of hydrogen-bond acceptors (Lipinski definition) is 3. The molecular weight excluding hydrogens is 199 g/mol. The Morgan fingerprint density at radius 2 is 2.21 bits per heavy atom. The van der Waals surface area contributed by atoms with Gasteiger partial charge in [0.1, 0.15) is 11.4 Å². The van der Waals surface area contributed by atoms with Gasteiger partial charge in [0.2, 0.25) is 0 Å². The summed E-state index contributed by atoms with van der Waals surface area (Å²) in [6.45, 7) is 0. The second-order valence-electron chi connectivity index (χ2n) is 2.36. The van der Waals surface area contributed by atoms with Gasteiger partial charge in [-0.05, 0) is 0 Å². The number of aromatic nitrogens is 1. The van der Waals surface area contributed by atoms with Gasteiger partial charge in [-0.2, -0.15) is 0 Å². The molecule has 0 saturated carbocycles. The summed E-state index contributed by atoms with van der Waals surface area (Å²) in [5.74, 6) is -1.71. The molecule has 0 bridgehead atoms. The van der Waals surface area contributed by atoms with Crippen LogP contribution in [-0.2, 0) is 0 Å². The number of pyridine rings is 1. The van der Waals surface area contributed by atoms with Gasteiger partial charge in [-0.15, -0.1) is 0 Å². The minimum Gasteiger partial charge on any atom is -0.495 e. The van der Waals surface area contributed by atoms with Crippen LogP contribution in [0.2, 0.25) is 0 Å². The maximum atomic E-state index is 13.1. The van der Waals surface area contributed by atoms with Gasteiger partial charge >= 0.3 is 0 Å². The summed E-state index contributed by atoms with van der Waals surface area (Å²) in [7, 11) is 1.11. The molecule has 0 unspecified atom stereocenters. The third kappa shape index (κ3) is 1.68. The highest BCUT2D eigenvalue weighted by Crippen LogP contribution is 2.31. The van der Waals surface area contributed by atoms with Crippen LogP contribution in [0.3, 0.4) is 0 Å². The first kappa shape index (κ1) is 10.5. The quantitative estimate of drug-likeness (QED) is 0.708. The Kier molecular flexibility index (Phi) is 3.06. The van der Waals surface area contributed by atoms with Crippen LogP contribution in [0.4, 0.5) is 13.2 Å². The Bertz CT molecular complexity index is 355. The van der Waals surface area contributed by atoms with Gasteiger partial charge in [0.15, 0.2) is 12.1 Å². The van der Waals surface area contributed by atoms with E-state index in [-0.39, 0.29) is 12.0 Å². The van der Waals surface area contributed by atoms with E-state index >= 15 is 0 Å². The summed E-state index contributed by atoms with van der Waals surface area (Å²) >= 11 is 0. The zero-order valence-electron chi connectivity index (χ0n) is 7.13. The van der Waals surface area contributed by atoms with Crippen LogP contribution >= 0.6 is 0 Å². The number of alkyl halides is 2. The molecule has 1 aromatic rings. The lowest BCUT2D eigenvalue weighted by Crippen LogP contribution is -2.03. The van der Waals surface area contributed by atoms with Gasteiger partial charge in [0.25, 0.3) is 6.43 Å². The third-order valence-corrected chi connectivity index (χ3v) is 1.60. The van der Waals surface area contributed by atoms with E-state index < -0.39 is 23.5 Å². The summed E-state index contributed by atoms with van der Waals surface area (Å²) < 4.78 is 42.3. The van der Waals surface area contributed by atoms with Crippen LogP contribution in [0.25, 0.3) is 0 Å². The molecule has 1 aromatic heterocycles. The molecule has 1 rings (SSSR count). The van der Waals surface area contributed by atoms with E-state index in [4.69, 9.17) is 0 Å². The molecule has 0 saturated heterocycles. The predicted octanol–water partition coefficient (Wildman–Crippen LogP) is 1.98. The number of halogens is 3. The van der Waals surface area contributed by atoms with Crippen molar-refractivity contribution in [1.29, 1.82) is 0 Å². The summed E-state index contributed by atoms with van der Waals surface area (Å²) in [4.78, 5) is 13.5. The fourth-order valence-electron chi connectivity index (χ4n) is 0.949. The number of nitrogens with zero attached hydrogens (tertiary/aromatic N) is 1.